The summed E-state index contributed by atoms with van der Waals surface area (Å²) in [6.45, 7) is 0. The highest BCUT2D eigenvalue weighted by atomic mass is 16.4. The number of pyridine rings is 1. The highest BCUT2D eigenvalue weighted by Crippen LogP contribution is 2.30. The van der Waals surface area contributed by atoms with Crippen LogP contribution in [0.4, 0.5) is 4.79 Å². The third-order valence-corrected chi connectivity index (χ3v) is 4.69. The number of hydrogen-bond acceptors (Lipinski definition) is 3. The molecule has 1 aromatic rings. The molecule has 114 valence electrons. The fraction of sp³-hybridized carbons (Fsp3) is 0.625. The van der Waals surface area contributed by atoms with Crippen LogP contribution in [0.25, 0.3) is 0 Å². The number of fused-ring (bicyclic) bond motifs is 1. The average molecular weight is 289 g/mol. The highest BCUT2D eigenvalue weighted by molar-refractivity contribution is 5.64. The van der Waals surface area contributed by atoms with E-state index in [0.29, 0.717) is 12.1 Å². The first kappa shape index (κ1) is 14.3. The number of aromatic nitrogens is 1. The van der Waals surface area contributed by atoms with Crippen molar-refractivity contribution in [3.63, 3.8) is 0 Å². The lowest BCUT2D eigenvalue weighted by Crippen LogP contribution is -2.43. The summed E-state index contributed by atoms with van der Waals surface area (Å²) in [4.78, 5) is 15.2. The van der Waals surface area contributed by atoms with Crippen molar-refractivity contribution in [2.45, 2.75) is 63.1 Å². The van der Waals surface area contributed by atoms with Gasteiger partial charge in [-0.05, 0) is 56.6 Å². The monoisotopic (exact) mass is 289 g/mol. The third-order valence-electron chi connectivity index (χ3n) is 4.69. The fourth-order valence-corrected chi connectivity index (χ4v) is 3.64. The second-order valence-corrected chi connectivity index (χ2v) is 6.16. The largest absolute Gasteiger partial charge is 0.465 e. The maximum absolute atomic E-state index is 10.7. The van der Waals surface area contributed by atoms with Gasteiger partial charge in [-0.2, -0.15) is 0 Å². The third kappa shape index (κ3) is 3.53. The molecular formula is C16H23N3O2. The van der Waals surface area contributed by atoms with E-state index < -0.39 is 6.09 Å². The Morgan fingerprint density at radius 1 is 1.19 bits per heavy atom. The van der Waals surface area contributed by atoms with Gasteiger partial charge >= 0.3 is 6.09 Å². The first-order chi connectivity index (χ1) is 10.2. The normalized spacial score (nSPS) is 28.7. The van der Waals surface area contributed by atoms with Crippen LogP contribution in [-0.4, -0.2) is 28.3 Å². The van der Waals surface area contributed by atoms with E-state index in [1.54, 1.807) is 0 Å². The van der Waals surface area contributed by atoms with Crippen molar-refractivity contribution in [3.05, 3.63) is 29.6 Å². The second kappa shape index (κ2) is 6.43. The molecule has 1 atom stereocenters. The number of carboxylic acid groups (broad SMARTS) is 1. The van der Waals surface area contributed by atoms with Gasteiger partial charge in [0.2, 0.25) is 0 Å². The molecule has 21 heavy (non-hydrogen) atoms. The molecular weight excluding hydrogens is 266 g/mol. The summed E-state index contributed by atoms with van der Waals surface area (Å²) in [6.07, 6.45) is 8.38. The van der Waals surface area contributed by atoms with Crippen molar-refractivity contribution in [2.24, 2.45) is 0 Å². The van der Waals surface area contributed by atoms with Crippen LogP contribution in [0.1, 0.15) is 55.8 Å². The van der Waals surface area contributed by atoms with E-state index in [2.05, 4.69) is 21.7 Å². The molecule has 1 saturated carbocycles. The Bertz CT molecular complexity index is 498. The highest BCUT2D eigenvalue weighted by Gasteiger charge is 2.27. The van der Waals surface area contributed by atoms with Gasteiger partial charge in [-0.1, -0.05) is 6.07 Å². The summed E-state index contributed by atoms with van der Waals surface area (Å²) < 4.78 is 0. The van der Waals surface area contributed by atoms with E-state index in [0.717, 1.165) is 38.5 Å². The first-order valence-electron chi connectivity index (χ1n) is 7.91. The maximum atomic E-state index is 10.7. The summed E-state index contributed by atoms with van der Waals surface area (Å²) in [6, 6.07) is 5.17. The van der Waals surface area contributed by atoms with Crippen LogP contribution in [0.15, 0.2) is 18.3 Å². The second-order valence-electron chi connectivity index (χ2n) is 6.16. The Morgan fingerprint density at radius 3 is 2.71 bits per heavy atom. The maximum Gasteiger partial charge on any atom is 0.404 e. The molecule has 0 aliphatic heterocycles. The van der Waals surface area contributed by atoms with E-state index in [-0.39, 0.29) is 6.04 Å². The zero-order valence-electron chi connectivity index (χ0n) is 12.2. The van der Waals surface area contributed by atoms with Crippen molar-refractivity contribution >= 4 is 6.09 Å². The minimum Gasteiger partial charge on any atom is -0.465 e. The van der Waals surface area contributed by atoms with Crippen LogP contribution < -0.4 is 10.6 Å². The molecule has 3 rings (SSSR count). The minimum absolute atomic E-state index is 0.123. The molecule has 0 saturated heterocycles. The van der Waals surface area contributed by atoms with Crippen LogP contribution in [0, 0.1) is 0 Å². The minimum atomic E-state index is -0.906. The Labute approximate surface area is 125 Å². The molecule has 2 aliphatic rings. The van der Waals surface area contributed by atoms with Gasteiger partial charge < -0.3 is 15.7 Å². The van der Waals surface area contributed by atoms with Crippen molar-refractivity contribution in [1.82, 2.24) is 15.6 Å². The Balaban J connectivity index is 1.56. The number of carbonyl (C=O) groups is 1. The summed E-state index contributed by atoms with van der Waals surface area (Å²) in [5.74, 6) is 0. The van der Waals surface area contributed by atoms with Crippen LogP contribution in [0.2, 0.25) is 0 Å². The Morgan fingerprint density at radius 2 is 1.95 bits per heavy atom. The summed E-state index contributed by atoms with van der Waals surface area (Å²) in [7, 11) is 0. The number of nitrogens with zero attached hydrogens (tertiary/aromatic N) is 1. The molecule has 0 spiro atoms. The van der Waals surface area contributed by atoms with Gasteiger partial charge in [-0.25, -0.2) is 4.79 Å². The lowest BCUT2D eigenvalue weighted by Gasteiger charge is -2.34. The average Bonchev–Trinajstić information content (AvgIpc) is 2.49. The lowest BCUT2D eigenvalue weighted by molar-refractivity contribution is 0.182. The number of amides is 1. The predicted octanol–water partition coefficient (Wildman–Crippen LogP) is 2.63. The zero-order chi connectivity index (χ0) is 14.7. The summed E-state index contributed by atoms with van der Waals surface area (Å²) in [5, 5.41) is 15.1. The zero-order valence-corrected chi connectivity index (χ0v) is 12.2. The fourth-order valence-electron chi connectivity index (χ4n) is 3.64. The van der Waals surface area contributed by atoms with Crippen molar-refractivity contribution in [1.29, 1.82) is 0 Å². The van der Waals surface area contributed by atoms with Gasteiger partial charge in [0.1, 0.15) is 0 Å². The Kier molecular flexibility index (Phi) is 4.39. The van der Waals surface area contributed by atoms with Gasteiger partial charge in [0.25, 0.3) is 0 Å². The van der Waals surface area contributed by atoms with E-state index in [1.807, 2.05) is 12.3 Å². The predicted molar refractivity (Wildman–Crippen MR) is 80.3 cm³/mol. The molecule has 5 heteroatoms. The lowest BCUT2D eigenvalue weighted by atomic mass is 9.87. The van der Waals surface area contributed by atoms with E-state index in [9.17, 15) is 4.79 Å². The van der Waals surface area contributed by atoms with Gasteiger partial charge in [0.05, 0.1) is 5.69 Å². The first-order valence-corrected chi connectivity index (χ1v) is 7.91. The van der Waals surface area contributed by atoms with Gasteiger partial charge in [-0.15, -0.1) is 0 Å². The van der Waals surface area contributed by atoms with Crippen molar-refractivity contribution in [3.8, 4) is 0 Å². The van der Waals surface area contributed by atoms with Gasteiger partial charge in [-0.3, -0.25) is 4.98 Å². The summed E-state index contributed by atoms with van der Waals surface area (Å²) >= 11 is 0. The van der Waals surface area contributed by atoms with Crippen LogP contribution >= 0.6 is 0 Å². The SMILES string of the molecule is O=C(O)NC1CCC(N[C@H]2CCCc3cccnc32)CC1. The quantitative estimate of drug-likeness (QED) is 0.799. The molecule has 0 aromatic carbocycles. The number of aryl methyl sites for hydroxylation is 1. The summed E-state index contributed by atoms with van der Waals surface area (Å²) in [5.41, 5.74) is 2.59. The van der Waals surface area contributed by atoms with E-state index >= 15 is 0 Å². The molecule has 0 bridgehead atoms. The van der Waals surface area contributed by atoms with Gasteiger partial charge in [0.15, 0.2) is 0 Å². The molecule has 2 aliphatic carbocycles. The van der Waals surface area contributed by atoms with E-state index in [4.69, 9.17) is 5.11 Å². The number of nitrogens with one attached hydrogen (secondary N) is 2. The van der Waals surface area contributed by atoms with Gasteiger partial charge in [0, 0.05) is 24.3 Å². The molecule has 1 amide bonds. The van der Waals surface area contributed by atoms with Crippen LogP contribution in [0.3, 0.4) is 0 Å². The molecule has 3 N–H and O–H groups in total. The molecule has 0 unspecified atom stereocenters. The topological polar surface area (TPSA) is 74.2 Å². The standard InChI is InChI=1S/C16H23N3O2/c20-16(21)19-13-8-6-12(7-9-13)18-14-5-1-3-11-4-2-10-17-15(11)14/h2,4,10,12-14,18-19H,1,3,5-9H2,(H,20,21)/t12?,13?,14-/m0/s1. The molecule has 0 radical (unpaired) electrons. The molecule has 1 fully saturated rings. The van der Waals surface area contributed by atoms with Crippen LogP contribution in [0.5, 0.6) is 0 Å². The van der Waals surface area contributed by atoms with Crippen LogP contribution in [-0.2, 0) is 6.42 Å². The van der Waals surface area contributed by atoms with Crippen molar-refractivity contribution < 1.29 is 9.90 Å². The molecule has 1 aromatic heterocycles. The number of rotatable bonds is 3. The smallest absolute Gasteiger partial charge is 0.404 e. The molecule has 5 nitrogen and oxygen atoms in total. The molecule has 1 heterocycles. The number of hydrogen-bond donors (Lipinski definition) is 3. The van der Waals surface area contributed by atoms with Crippen molar-refractivity contribution in [2.75, 3.05) is 0 Å². The van der Waals surface area contributed by atoms with E-state index in [1.165, 1.54) is 17.7 Å². The Hall–Kier alpha value is -1.62.